The number of hydrogen-bond acceptors (Lipinski definition) is 3. The summed E-state index contributed by atoms with van der Waals surface area (Å²) in [6, 6.07) is 5.99. The third-order valence-corrected chi connectivity index (χ3v) is 3.57. The maximum atomic E-state index is 5.87. The first-order valence-electron chi connectivity index (χ1n) is 6.49. The minimum absolute atomic E-state index is 0.558. The molecule has 0 spiro atoms. The van der Waals surface area contributed by atoms with Gasteiger partial charge in [-0.15, -0.1) is 0 Å². The molecule has 0 saturated heterocycles. The first kappa shape index (κ1) is 12.2. The lowest BCUT2D eigenvalue weighted by atomic mass is 9.92. The van der Waals surface area contributed by atoms with Crippen LogP contribution in [-0.4, -0.2) is 31.1 Å². The first-order chi connectivity index (χ1) is 8.24. The molecule has 3 nitrogen and oxygen atoms in total. The highest BCUT2D eigenvalue weighted by Gasteiger charge is 2.22. The SMILES string of the molecule is CCN(CC)CC1CCOc2ccc(N)cc21. The fraction of sp³-hybridized carbons (Fsp3) is 0.571. The number of nitrogen functional groups attached to an aromatic ring is 1. The van der Waals surface area contributed by atoms with Crippen LogP contribution in [0.1, 0.15) is 31.7 Å². The third-order valence-electron chi connectivity index (χ3n) is 3.57. The van der Waals surface area contributed by atoms with E-state index in [0.717, 1.165) is 44.1 Å². The summed E-state index contributed by atoms with van der Waals surface area (Å²) in [6.07, 6.45) is 1.09. The number of benzene rings is 1. The zero-order valence-corrected chi connectivity index (χ0v) is 10.8. The second kappa shape index (κ2) is 5.41. The highest BCUT2D eigenvalue weighted by Crippen LogP contribution is 2.35. The van der Waals surface area contributed by atoms with E-state index in [0.29, 0.717) is 5.92 Å². The predicted octanol–water partition coefficient (Wildman–Crippen LogP) is 2.48. The molecule has 0 aliphatic carbocycles. The summed E-state index contributed by atoms with van der Waals surface area (Å²) in [4.78, 5) is 2.46. The Morgan fingerprint density at radius 3 is 2.82 bits per heavy atom. The molecule has 2 N–H and O–H groups in total. The van der Waals surface area contributed by atoms with Gasteiger partial charge in [-0.1, -0.05) is 13.8 Å². The maximum Gasteiger partial charge on any atom is 0.122 e. The molecule has 1 atom stereocenters. The Kier molecular flexibility index (Phi) is 3.89. The number of rotatable bonds is 4. The van der Waals surface area contributed by atoms with Crippen LogP contribution in [0.4, 0.5) is 5.69 Å². The number of anilines is 1. The van der Waals surface area contributed by atoms with Crippen LogP contribution in [0.25, 0.3) is 0 Å². The molecule has 0 aromatic heterocycles. The van der Waals surface area contributed by atoms with Gasteiger partial charge in [0.1, 0.15) is 5.75 Å². The van der Waals surface area contributed by atoms with Crippen LogP contribution in [-0.2, 0) is 0 Å². The van der Waals surface area contributed by atoms with Crippen molar-refractivity contribution in [2.75, 3.05) is 32.0 Å². The Morgan fingerprint density at radius 1 is 1.35 bits per heavy atom. The second-order valence-corrected chi connectivity index (χ2v) is 4.62. The van der Waals surface area contributed by atoms with Crippen LogP contribution in [0.15, 0.2) is 18.2 Å². The smallest absolute Gasteiger partial charge is 0.122 e. The fourth-order valence-corrected chi connectivity index (χ4v) is 2.47. The zero-order chi connectivity index (χ0) is 12.3. The summed E-state index contributed by atoms with van der Waals surface area (Å²) in [5.41, 5.74) is 7.98. The third kappa shape index (κ3) is 2.72. The Hall–Kier alpha value is -1.22. The van der Waals surface area contributed by atoms with E-state index >= 15 is 0 Å². The molecular weight excluding hydrogens is 212 g/mol. The van der Waals surface area contributed by atoms with Crippen molar-refractivity contribution in [2.45, 2.75) is 26.2 Å². The Morgan fingerprint density at radius 2 is 2.12 bits per heavy atom. The van der Waals surface area contributed by atoms with E-state index in [1.807, 2.05) is 12.1 Å². The van der Waals surface area contributed by atoms with Gasteiger partial charge in [0.25, 0.3) is 0 Å². The molecule has 3 heteroatoms. The van der Waals surface area contributed by atoms with E-state index in [1.54, 1.807) is 0 Å². The lowest BCUT2D eigenvalue weighted by Crippen LogP contribution is -2.30. The molecule has 1 aromatic rings. The Balaban J connectivity index is 2.18. The molecule has 1 aromatic carbocycles. The molecule has 1 unspecified atom stereocenters. The maximum absolute atomic E-state index is 5.87. The molecule has 0 bridgehead atoms. The van der Waals surface area contributed by atoms with Gasteiger partial charge < -0.3 is 15.4 Å². The number of likely N-dealkylation sites (N-methyl/N-ethyl adjacent to an activating group) is 1. The molecule has 0 radical (unpaired) electrons. The lowest BCUT2D eigenvalue weighted by Gasteiger charge is -2.30. The largest absolute Gasteiger partial charge is 0.493 e. The summed E-state index contributed by atoms with van der Waals surface area (Å²) in [7, 11) is 0. The van der Waals surface area contributed by atoms with E-state index in [1.165, 1.54) is 5.56 Å². The highest BCUT2D eigenvalue weighted by atomic mass is 16.5. The quantitative estimate of drug-likeness (QED) is 0.813. The molecule has 94 valence electrons. The topological polar surface area (TPSA) is 38.5 Å². The van der Waals surface area contributed by atoms with E-state index in [-0.39, 0.29) is 0 Å². The van der Waals surface area contributed by atoms with Gasteiger partial charge in [-0.3, -0.25) is 0 Å². The van der Waals surface area contributed by atoms with Crippen molar-refractivity contribution in [2.24, 2.45) is 0 Å². The summed E-state index contributed by atoms with van der Waals surface area (Å²) in [5.74, 6) is 1.57. The van der Waals surface area contributed by atoms with Crippen molar-refractivity contribution >= 4 is 5.69 Å². The van der Waals surface area contributed by atoms with Gasteiger partial charge in [-0.05, 0) is 37.7 Å². The minimum Gasteiger partial charge on any atom is -0.493 e. The van der Waals surface area contributed by atoms with Crippen molar-refractivity contribution in [3.05, 3.63) is 23.8 Å². The molecule has 1 aliphatic rings. The number of ether oxygens (including phenoxy) is 1. The van der Waals surface area contributed by atoms with Crippen molar-refractivity contribution < 1.29 is 4.74 Å². The molecule has 1 heterocycles. The zero-order valence-electron chi connectivity index (χ0n) is 10.8. The number of hydrogen-bond donors (Lipinski definition) is 1. The molecule has 17 heavy (non-hydrogen) atoms. The van der Waals surface area contributed by atoms with Gasteiger partial charge in [0.2, 0.25) is 0 Å². The van der Waals surface area contributed by atoms with Crippen LogP contribution in [0.5, 0.6) is 5.75 Å². The Labute approximate surface area is 104 Å². The molecule has 0 saturated carbocycles. The number of fused-ring (bicyclic) bond motifs is 1. The van der Waals surface area contributed by atoms with Crippen molar-refractivity contribution in [1.82, 2.24) is 4.90 Å². The minimum atomic E-state index is 0.558. The fourth-order valence-electron chi connectivity index (χ4n) is 2.47. The van der Waals surface area contributed by atoms with Gasteiger partial charge in [0.15, 0.2) is 0 Å². The van der Waals surface area contributed by atoms with E-state index in [2.05, 4.69) is 24.8 Å². The molecule has 2 rings (SSSR count). The standard InChI is InChI=1S/C14H22N2O/c1-3-16(4-2)10-11-7-8-17-14-6-5-12(15)9-13(11)14/h5-6,9,11H,3-4,7-8,10,15H2,1-2H3. The molecule has 1 aliphatic heterocycles. The van der Waals surface area contributed by atoms with Gasteiger partial charge in [-0.2, -0.15) is 0 Å². The van der Waals surface area contributed by atoms with Crippen LogP contribution in [0.2, 0.25) is 0 Å². The van der Waals surface area contributed by atoms with Crippen molar-refractivity contribution in [3.8, 4) is 5.75 Å². The lowest BCUT2D eigenvalue weighted by molar-refractivity contribution is 0.222. The summed E-state index contributed by atoms with van der Waals surface area (Å²) >= 11 is 0. The average molecular weight is 234 g/mol. The predicted molar refractivity (Wildman–Crippen MR) is 71.5 cm³/mol. The number of nitrogens with zero attached hydrogens (tertiary/aromatic N) is 1. The van der Waals surface area contributed by atoms with Crippen LogP contribution >= 0.6 is 0 Å². The average Bonchev–Trinajstić information content (AvgIpc) is 2.36. The van der Waals surface area contributed by atoms with Gasteiger partial charge >= 0.3 is 0 Å². The van der Waals surface area contributed by atoms with E-state index in [4.69, 9.17) is 10.5 Å². The van der Waals surface area contributed by atoms with Gasteiger partial charge in [0.05, 0.1) is 6.61 Å². The van der Waals surface area contributed by atoms with Crippen LogP contribution < -0.4 is 10.5 Å². The summed E-state index contributed by atoms with van der Waals surface area (Å²) in [6.45, 7) is 8.55. The van der Waals surface area contributed by atoms with Crippen LogP contribution in [0, 0.1) is 0 Å². The van der Waals surface area contributed by atoms with Gasteiger partial charge in [-0.25, -0.2) is 0 Å². The van der Waals surface area contributed by atoms with E-state index < -0.39 is 0 Å². The first-order valence-corrected chi connectivity index (χ1v) is 6.49. The van der Waals surface area contributed by atoms with E-state index in [9.17, 15) is 0 Å². The monoisotopic (exact) mass is 234 g/mol. The second-order valence-electron chi connectivity index (χ2n) is 4.62. The number of nitrogens with two attached hydrogens (primary N) is 1. The van der Waals surface area contributed by atoms with Crippen molar-refractivity contribution in [1.29, 1.82) is 0 Å². The Bertz CT molecular complexity index is 374. The molecule has 0 fully saturated rings. The summed E-state index contributed by atoms with van der Waals surface area (Å²) in [5, 5.41) is 0. The van der Waals surface area contributed by atoms with Crippen LogP contribution in [0.3, 0.4) is 0 Å². The normalized spacial score (nSPS) is 18.9. The highest BCUT2D eigenvalue weighted by molar-refractivity contribution is 5.50. The van der Waals surface area contributed by atoms with Gasteiger partial charge in [0, 0.05) is 23.7 Å². The molecular formula is C14H22N2O. The summed E-state index contributed by atoms with van der Waals surface area (Å²) < 4.78 is 5.68. The van der Waals surface area contributed by atoms with Crippen molar-refractivity contribution in [3.63, 3.8) is 0 Å². The molecule has 0 amide bonds.